The number of piperidine rings is 1. The van der Waals surface area contributed by atoms with E-state index in [-0.39, 0.29) is 17.4 Å². The second kappa shape index (κ2) is 4.45. The van der Waals surface area contributed by atoms with Crippen LogP contribution in [0, 0.1) is 5.41 Å². The first kappa shape index (κ1) is 13.4. The number of aliphatic hydroxyl groups excluding tert-OH is 1. The molecular weight excluding hydrogens is 240 g/mol. The third-order valence-corrected chi connectivity index (χ3v) is 5.48. The summed E-state index contributed by atoms with van der Waals surface area (Å²) in [5, 5.41) is 12.6. The Hall–Kier alpha value is -0.610. The predicted molar refractivity (Wildman–Crippen MR) is 73.7 cm³/mol. The van der Waals surface area contributed by atoms with Crippen LogP contribution in [0.3, 0.4) is 0 Å². The Labute approximate surface area is 115 Å². The van der Waals surface area contributed by atoms with Crippen molar-refractivity contribution in [2.45, 2.75) is 70.1 Å². The van der Waals surface area contributed by atoms with Crippen molar-refractivity contribution in [1.82, 2.24) is 10.2 Å². The zero-order valence-corrected chi connectivity index (χ0v) is 12.1. The topological polar surface area (TPSA) is 52.6 Å². The van der Waals surface area contributed by atoms with Crippen molar-refractivity contribution >= 4 is 5.91 Å². The maximum atomic E-state index is 12.5. The highest BCUT2D eigenvalue weighted by atomic mass is 16.3. The summed E-state index contributed by atoms with van der Waals surface area (Å²) in [6.07, 6.45) is 6.39. The van der Waals surface area contributed by atoms with Crippen LogP contribution in [0.4, 0.5) is 0 Å². The molecule has 4 nitrogen and oxygen atoms in total. The fraction of sp³-hybridized carbons (Fsp3) is 0.933. The standard InChI is InChI=1S/C15H26N2O2/c1-14(2,17-6-4-3-5-7-17)13(19)16-12-10-15(12)8-11(18)9-15/h11-12,18H,3-10H2,1-2H3,(H,16,19). The molecule has 1 unspecified atom stereocenters. The molecule has 0 aromatic heterocycles. The molecule has 2 N–H and O–H groups in total. The van der Waals surface area contributed by atoms with E-state index in [1.165, 1.54) is 19.3 Å². The summed E-state index contributed by atoms with van der Waals surface area (Å²) >= 11 is 0. The van der Waals surface area contributed by atoms with E-state index in [1.807, 2.05) is 13.8 Å². The molecule has 2 saturated carbocycles. The minimum Gasteiger partial charge on any atom is -0.393 e. The summed E-state index contributed by atoms with van der Waals surface area (Å²) in [6.45, 7) is 6.15. The van der Waals surface area contributed by atoms with Crippen LogP contribution in [0.25, 0.3) is 0 Å². The lowest BCUT2D eigenvalue weighted by molar-refractivity contribution is -0.133. The molecule has 3 fully saturated rings. The van der Waals surface area contributed by atoms with E-state index in [2.05, 4.69) is 10.2 Å². The summed E-state index contributed by atoms with van der Waals surface area (Å²) < 4.78 is 0. The van der Waals surface area contributed by atoms with Gasteiger partial charge in [0.1, 0.15) is 0 Å². The number of nitrogens with zero attached hydrogens (tertiary/aromatic N) is 1. The third-order valence-electron chi connectivity index (χ3n) is 5.48. The molecule has 1 heterocycles. The zero-order valence-electron chi connectivity index (χ0n) is 12.1. The van der Waals surface area contributed by atoms with Gasteiger partial charge in [-0.1, -0.05) is 6.42 Å². The van der Waals surface area contributed by atoms with Crippen molar-refractivity contribution in [2.24, 2.45) is 5.41 Å². The Kier molecular flexibility index (Phi) is 3.13. The second-order valence-corrected chi connectivity index (χ2v) is 7.26. The van der Waals surface area contributed by atoms with Gasteiger partial charge in [-0.25, -0.2) is 0 Å². The van der Waals surface area contributed by atoms with Crippen molar-refractivity contribution in [3.05, 3.63) is 0 Å². The van der Waals surface area contributed by atoms with Crippen LogP contribution in [0.2, 0.25) is 0 Å². The molecule has 0 aromatic carbocycles. The van der Waals surface area contributed by atoms with E-state index < -0.39 is 5.54 Å². The lowest BCUT2D eigenvalue weighted by atomic mass is 9.78. The number of likely N-dealkylation sites (tertiary alicyclic amines) is 1. The number of carbonyl (C=O) groups excluding carboxylic acids is 1. The van der Waals surface area contributed by atoms with Crippen molar-refractivity contribution in [3.8, 4) is 0 Å². The highest BCUT2D eigenvalue weighted by Gasteiger charge is 2.62. The lowest BCUT2D eigenvalue weighted by Gasteiger charge is -2.40. The number of rotatable bonds is 3. The number of hydrogen-bond acceptors (Lipinski definition) is 3. The smallest absolute Gasteiger partial charge is 0.240 e. The van der Waals surface area contributed by atoms with Gasteiger partial charge in [-0.2, -0.15) is 0 Å². The highest BCUT2D eigenvalue weighted by molar-refractivity contribution is 5.86. The molecule has 4 heteroatoms. The molecule has 1 amide bonds. The van der Waals surface area contributed by atoms with Gasteiger partial charge in [0.15, 0.2) is 0 Å². The van der Waals surface area contributed by atoms with Gasteiger partial charge in [0.25, 0.3) is 0 Å². The maximum absolute atomic E-state index is 12.5. The van der Waals surface area contributed by atoms with Gasteiger partial charge in [-0.05, 0) is 64.5 Å². The summed E-state index contributed by atoms with van der Waals surface area (Å²) in [5.74, 6) is 0.165. The average Bonchev–Trinajstić information content (AvgIpc) is 3.03. The van der Waals surface area contributed by atoms with Gasteiger partial charge in [-0.3, -0.25) is 9.69 Å². The van der Waals surface area contributed by atoms with Crippen LogP contribution in [0.5, 0.6) is 0 Å². The van der Waals surface area contributed by atoms with Crippen LogP contribution in [0.1, 0.15) is 52.4 Å². The van der Waals surface area contributed by atoms with Crippen LogP contribution in [-0.2, 0) is 4.79 Å². The molecule has 3 aliphatic rings. The Morgan fingerprint density at radius 3 is 2.42 bits per heavy atom. The van der Waals surface area contributed by atoms with Gasteiger partial charge in [0.05, 0.1) is 11.6 Å². The second-order valence-electron chi connectivity index (χ2n) is 7.26. The van der Waals surface area contributed by atoms with E-state index in [4.69, 9.17) is 0 Å². The molecule has 0 bridgehead atoms. The van der Waals surface area contributed by atoms with Gasteiger partial charge < -0.3 is 10.4 Å². The first-order valence-electron chi connectivity index (χ1n) is 7.68. The molecular formula is C15H26N2O2. The molecule has 1 aliphatic heterocycles. The number of nitrogens with one attached hydrogen (secondary N) is 1. The number of aliphatic hydroxyl groups is 1. The first-order chi connectivity index (χ1) is 8.94. The zero-order chi connectivity index (χ0) is 13.7. The molecule has 0 radical (unpaired) electrons. The molecule has 0 aromatic rings. The van der Waals surface area contributed by atoms with E-state index in [0.717, 1.165) is 32.4 Å². The first-order valence-corrected chi connectivity index (χ1v) is 7.68. The van der Waals surface area contributed by atoms with Gasteiger partial charge >= 0.3 is 0 Å². The van der Waals surface area contributed by atoms with Crippen LogP contribution in [0.15, 0.2) is 0 Å². The Morgan fingerprint density at radius 1 is 1.21 bits per heavy atom. The molecule has 2 aliphatic carbocycles. The number of carbonyl (C=O) groups is 1. The van der Waals surface area contributed by atoms with Gasteiger partial charge in [-0.15, -0.1) is 0 Å². The quantitative estimate of drug-likeness (QED) is 0.809. The lowest BCUT2D eigenvalue weighted by Crippen LogP contribution is -2.57. The van der Waals surface area contributed by atoms with E-state index in [0.29, 0.717) is 6.04 Å². The molecule has 1 spiro atoms. The third kappa shape index (κ3) is 2.29. The normalized spacial score (nSPS) is 38.9. The van der Waals surface area contributed by atoms with Crippen molar-refractivity contribution in [2.75, 3.05) is 13.1 Å². The minimum absolute atomic E-state index is 0.128. The number of hydrogen-bond donors (Lipinski definition) is 2. The molecule has 1 atom stereocenters. The molecule has 3 rings (SSSR count). The van der Waals surface area contributed by atoms with Gasteiger partial charge in [0, 0.05) is 6.04 Å². The Morgan fingerprint density at radius 2 is 1.84 bits per heavy atom. The highest BCUT2D eigenvalue weighted by Crippen LogP contribution is 2.60. The Balaban J connectivity index is 1.55. The maximum Gasteiger partial charge on any atom is 0.240 e. The van der Waals surface area contributed by atoms with E-state index in [1.54, 1.807) is 0 Å². The fourth-order valence-electron chi connectivity index (χ4n) is 3.81. The SMILES string of the molecule is CC(C)(C(=O)NC1CC12CC(O)C2)N1CCCCC1. The Bertz CT molecular complexity index is 368. The van der Waals surface area contributed by atoms with E-state index >= 15 is 0 Å². The van der Waals surface area contributed by atoms with Crippen LogP contribution >= 0.6 is 0 Å². The van der Waals surface area contributed by atoms with Crippen LogP contribution < -0.4 is 5.32 Å². The van der Waals surface area contributed by atoms with Crippen LogP contribution in [-0.4, -0.2) is 46.7 Å². The van der Waals surface area contributed by atoms with Crippen molar-refractivity contribution < 1.29 is 9.90 Å². The van der Waals surface area contributed by atoms with Crippen molar-refractivity contribution in [1.29, 1.82) is 0 Å². The predicted octanol–water partition coefficient (Wildman–Crippen LogP) is 1.28. The average molecular weight is 266 g/mol. The number of amides is 1. The minimum atomic E-state index is -0.396. The largest absolute Gasteiger partial charge is 0.393 e. The summed E-state index contributed by atoms with van der Waals surface area (Å²) in [5.41, 5.74) is -0.139. The van der Waals surface area contributed by atoms with Gasteiger partial charge in [0.2, 0.25) is 5.91 Å². The molecule has 1 saturated heterocycles. The molecule has 19 heavy (non-hydrogen) atoms. The summed E-state index contributed by atoms with van der Waals surface area (Å²) in [6, 6.07) is 0.312. The fourth-order valence-corrected chi connectivity index (χ4v) is 3.81. The van der Waals surface area contributed by atoms with Crippen molar-refractivity contribution in [3.63, 3.8) is 0 Å². The monoisotopic (exact) mass is 266 g/mol. The summed E-state index contributed by atoms with van der Waals surface area (Å²) in [4.78, 5) is 14.8. The summed E-state index contributed by atoms with van der Waals surface area (Å²) in [7, 11) is 0. The molecule has 108 valence electrons. The van der Waals surface area contributed by atoms with E-state index in [9.17, 15) is 9.90 Å².